The van der Waals surface area contributed by atoms with Crippen LogP contribution >= 0.6 is 0 Å². The fourth-order valence-corrected chi connectivity index (χ4v) is 4.27. The number of piperazine rings is 2. The summed E-state index contributed by atoms with van der Waals surface area (Å²) >= 11 is 0. The molecule has 2 aliphatic heterocycles. The monoisotopic (exact) mass is 393 g/mol. The Morgan fingerprint density at radius 2 is 1.59 bits per heavy atom. The third-order valence-corrected chi connectivity index (χ3v) is 6.13. The van der Waals surface area contributed by atoms with Gasteiger partial charge in [-0.1, -0.05) is 36.4 Å². The standard InChI is InChI=1S/C23H31N5O/c1-20(26-15-17-27(18-16-26)22-9-5-6-10-24-22)23(29)28-13-11-25(12-14-28)19-21-7-3-2-4-8-21/h2-10,20H,11-19H2,1H3/t20-/m1/s1. The number of rotatable bonds is 5. The molecule has 3 heterocycles. The lowest BCUT2D eigenvalue weighted by molar-refractivity contribution is -0.138. The van der Waals surface area contributed by atoms with Crippen LogP contribution in [0.2, 0.25) is 0 Å². The minimum absolute atomic E-state index is 0.0541. The van der Waals surface area contributed by atoms with Crippen LogP contribution < -0.4 is 4.90 Å². The van der Waals surface area contributed by atoms with Gasteiger partial charge in [-0.2, -0.15) is 0 Å². The molecular formula is C23H31N5O. The Labute approximate surface area is 173 Å². The highest BCUT2D eigenvalue weighted by Crippen LogP contribution is 2.16. The predicted molar refractivity (Wildman–Crippen MR) is 116 cm³/mol. The van der Waals surface area contributed by atoms with E-state index in [0.717, 1.165) is 64.7 Å². The molecule has 1 amide bonds. The van der Waals surface area contributed by atoms with Gasteiger partial charge in [0.25, 0.3) is 0 Å². The summed E-state index contributed by atoms with van der Waals surface area (Å²) in [6.45, 7) is 10.2. The highest BCUT2D eigenvalue weighted by Gasteiger charge is 2.30. The summed E-state index contributed by atoms with van der Waals surface area (Å²) in [6, 6.07) is 16.5. The quantitative estimate of drug-likeness (QED) is 0.777. The van der Waals surface area contributed by atoms with Crippen LogP contribution in [0.15, 0.2) is 54.7 Å². The molecule has 0 unspecified atom stereocenters. The SMILES string of the molecule is C[C@H](C(=O)N1CCN(Cc2ccccc2)CC1)N1CCN(c2ccccn2)CC1. The van der Waals surface area contributed by atoms with Crippen LogP contribution in [0.1, 0.15) is 12.5 Å². The fourth-order valence-electron chi connectivity index (χ4n) is 4.27. The largest absolute Gasteiger partial charge is 0.354 e. The highest BCUT2D eigenvalue weighted by atomic mass is 16.2. The zero-order chi connectivity index (χ0) is 20.1. The lowest BCUT2D eigenvalue weighted by atomic mass is 10.1. The molecule has 0 radical (unpaired) electrons. The Balaban J connectivity index is 1.24. The average Bonchev–Trinajstić information content (AvgIpc) is 2.80. The minimum atomic E-state index is -0.0541. The van der Waals surface area contributed by atoms with E-state index in [2.05, 4.69) is 67.9 Å². The van der Waals surface area contributed by atoms with E-state index in [1.54, 1.807) is 0 Å². The third-order valence-electron chi connectivity index (χ3n) is 6.13. The second kappa shape index (κ2) is 9.37. The molecule has 2 fully saturated rings. The minimum Gasteiger partial charge on any atom is -0.354 e. The number of nitrogens with zero attached hydrogens (tertiary/aromatic N) is 5. The summed E-state index contributed by atoms with van der Waals surface area (Å²) in [6.07, 6.45) is 1.84. The number of anilines is 1. The second-order valence-corrected chi connectivity index (χ2v) is 7.97. The van der Waals surface area contributed by atoms with E-state index in [4.69, 9.17) is 0 Å². The summed E-state index contributed by atoms with van der Waals surface area (Å²) in [7, 11) is 0. The van der Waals surface area contributed by atoms with E-state index in [9.17, 15) is 4.79 Å². The average molecular weight is 394 g/mol. The molecule has 154 valence electrons. The smallest absolute Gasteiger partial charge is 0.239 e. The van der Waals surface area contributed by atoms with Gasteiger partial charge in [0.15, 0.2) is 0 Å². The van der Waals surface area contributed by atoms with Crippen LogP contribution in [-0.4, -0.2) is 84.0 Å². The second-order valence-electron chi connectivity index (χ2n) is 7.97. The van der Waals surface area contributed by atoms with Crippen LogP contribution in [0, 0.1) is 0 Å². The molecule has 2 aromatic rings. The van der Waals surface area contributed by atoms with Crippen LogP contribution in [0.5, 0.6) is 0 Å². The van der Waals surface area contributed by atoms with E-state index in [0.29, 0.717) is 0 Å². The number of amides is 1. The van der Waals surface area contributed by atoms with E-state index in [1.807, 2.05) is 18.3 Å². The molecule has 6 nitrogen and oxygen atoms in total. The molecule has 29 heavy (non-hydrogen) atoms. The molecule has 4 rings (SSSR count). The van der Waals surface area contributed by atoms with Crippen molar-refractivity contribution in [2.24, 2.45) is 0 Å². The van der Waals surface area contributed by atoms with Crippen LogP contribution in [0.4, 0.5) is 5.82 Å². The van der Waals surface area contributed by atoms with Gasteiger partial charge in [0.2, 0.25) is 5.91 Å². The lowest BCUT2D eigenvalue weighted by Crippen LogP contribution is -2.57. The lowest BCUT2D eigenvalue weighted by Gasteiger charge is -2.41. The van der Waals surface area contributed by atoms with Crippen molar-refractivity contribution in [3.63, 3.8) is 0 Å². The normalized spacial score (nSPS) is 19.9. The van der Waals surface area contributed by atoms with E-state index < -0.39 is 0 Å². The van der Waals surface area contributed by atoms with Gasteiger partial charge in [-0.15, -0.1) is 0 Å². The number of aromatic nitrogens is 1. The van der Waals surface area contributed by atoms with E-state index >= 15 is 0 Å². The Morgan fingerprint density at radius 3 is 2.24 bits per heavy atom. The van der Waals surface area contributed by atoms with Crippen molar-refractivity contribution in [3.8, 4) is 0 Å². The number of hydrogen-bond acceptors (Lipinski definition) is 5. The Kier molecular flexibility index (Phi) is 6.42. The Hall–Kier alpha value is -2.44. The zero-order valence-corrected chi connectivity index (χ0v) is 17.3. The fraction of sp³-hybridized carbons (Fsp3) is 0.478. The third kappa shape index (κ3) is 4.95. The van der Waals surface area contributed by atoms with Gasteiger partial charge in [-0.3, -0.25) is 14.6 Å². The number of carbonyl (C=O) groups excluding carboxylic acids is 1. The number of benzene rings is 1. The van der Waals surface area contributed by atoms with Crippen molar-refractivity contribution in [1.82, 2.24) is 19.7 Å². The first-order valence-electron chi connectivity index (χ1n) is 10.7. The maximum atomic E-state index is 13.1. The number of pyridine rings is 1. The molecular weight excluding hydrogens is 362 g/mol. The van der Waals surface area contributed by atoms with Crippen molar-refractivity contribution in [3.05, 3.63) is 60.3 Å². The molecule has 1 aromatic carbocycles. The molecule has 1 atom stereocenters. The summed E-state index contributed by atoms with van der Waals surface area (Å²) in [4.78, 5) is 26.6. The topological polar surface area (TPSA) is 42.9 Å². The van der Waals surface area contributed by atoms with E-state index in [-0.39, 0.29) is 11.9 Å². The summed E-state index contributed by atoms with van der Waals surface area (Å²) in [5.74, 6) is 1.30. The molecule has 0 aliphatic carbocycles. The molecule has 1 aromatic heterocycles. The maximum absolute atomic E-state index is 13.1. The predicted octanol–water partition coefficient (Wildman–Crippen LogP) is 1.94. The van der Waals surface area contributed by atoms with Crippen molar-refractivity contribution in [2.45, 2.75) is 19.5 Å². The van der Waals surface area contributed by atoms with Gasteiger partial charge in [0.1, 0.15) is 5.82 Å². The van der Waals surface area contributed by atoms with E-state index in [1.165, 1.54) is 5.56 Å². The molecule has 0 N–H and O–H groups in total. The molecule has 0 saturated carbocycles. The summed E-state index contributed by atoms with van der Waals surface area (Å²) in [5.41, 5.74) is 1.34. The molecule has 2 aliphatic rings. The highest BCUT2D eigenvalue weighted by molar-refractivity contribution is 5.81. The van der Waals surface area contributed by atoms with Gasteiger partial charge in [0.05, 0.1) is 6.04 Å². The summed E-state index contributed by atoms with van der Waals surface area (Å²) in [5, 5.41) is 0. The molecule has 2 saturated heterocycles. The van der Waals surface area contributed by atoms with Gasteiger partial charge in [-0.25, -0.2) is 4.98 Å². The first-order chi connectivity index (χ1) is 14.2. The van der Waals surface area contributed by atoms with Crippen molar-refractivity contribution >= 4 is 11.7 Å². The molecule has 0 bridgehead atoms. The van der Waals surface area contributed by atoms with Gasteiger partial charge < -0.3 is 9.80 Å². The van der Waals surface area contributed by atoms with Gasteiger partial charge >= 0.3 is 0 Å². The zero-order valence-electron chi connectivity index (χ0n) is 17.3. The maximum Gasteiger partial charge on any atom is 0.239 e. The number of hydrogen-bond donors (Lipinski definition) is 0. The Bertz CT molecular complexity index is 768. The summed E-state index contributed by atoms with van der Waals surface area (Å²) < 4.78 is 0. The first kappa shape index (κ1) is 19.9. The van der Waals surface area contributed by atoms with Crippen LogP contribution in [0.25, 0.3) is 0 Å². The number of carbonyl (C=O) groups is 1. The van der Waals surface area contributed by atoms with Crippen LogP contribution in [0.3, 0.4) is 0 Å². The van der Waals surface area contributed by atoms with Crippen molar-refractivity contribution in [2.75, 3.05) is 57.3 Å². The molecule has 6 heteroatoms. The van der Waals surface area contributed by atoms with Crippen LogP contribution in [-0.2, 0) is 11.3 Å². The Morgan fingerprint density at radius 1 is 0.897 bits per heavy atom. The first-order valence-corrected chi connectivity index (χ1v) is 10.7. The molecule has 0 spiro atoms. The van der Waals surface area contributed by atoms with Crippen molar-refractivity contribution in [1.29, 1.82) is 0 Å². The van der Waals surface area contributed by atoms with Crippen molar-refractivity contribution < 1.29 is 4.79 Å². The van der Waals surface area contributed by atoms with Gasteiger partial charge in [0, 0.05) is 65.1 Å². The van der Waals surface area contributed by atoms with Gasteiger partial charge in [-0.05, 0) is 24.6 Å².